The molecule has 0 saturated carbocycles. The Balaban J connectivity index is 2.02. The summed E-state index contributed by atoms with van der Waals surface area (Å²) in [5.41, 5.74) is -2.30. The van der Waals surface area contributed by atoms with Crippen LogP contribution in [0.5, 0.6) is 5.75 Å². The van der Waals surface area contributed by atoms with Crippen LogP contribution in [0.3, 0.4) is 0 Å². The number of nitrogens with one attached hydrogen (secondary N) is 1. The highest BCUT2D eigenvalue weighted by Crippen LogP contribution is 2.34. The number of ether oxygens (including phenoxy) is 2. The number of sulfone groups is 1. The molecule has 3 aromatic heterocycles. The van der Waals surface area contributed by atoms with Gasteiger partial charge < -0.3 is 14.8 Å². The number of nitrogens with zero attached hydrogens (tertiary/aromatic N) is 4. The van der Waals surface area contributed by atoms with E-state index in [1.54, 1.807) is 43.9 Å². The minimum Gasteiger partial charge on any atom is -0.496 e. The average molecular weight is 650 g/mol. The Morgan fingerprint density at radius 3 is 2.52 bits per heavy atom. The highest BCUT2D eigenvalue weighted by molar-refractivity contribution is 7.90. The summed E-state index contributed by atoms with van der Waals surface area (Å²) in [4.78, 5) is 42.1. The number of fused-ring (bicyclic) bond motifs is 1. The van der Waals surface area contributed by atoms with Crippen molar-refractivity contribution in [3.05, 3.63) is 74.4 Å². The van der Waals surface area contributed by atoms with Gasteiger partial charge in [-0.25, -0.2) is 26.9 Å². The molecule has 3 heterocycles. The fraction of sp³-hybridized carbons (Fsp3) is 0.448. The lowest BCUT2D eigenvalue weighted by molar-refractivity contribution is -0.129. The van der Waals surface area contributed by atoms with Gasteiger partial charge in [-0.15, -0.1) is 0 Å². The highest BCUT2D eigenvalue weighted by atomic mass is 32.2. The molecule has 0 aliphatic heterocycles. The van der Waals surface area contributed by atoms with Gasteiger partial charge in [-0.2, -0.15) is 5.10 Å². The molecule has 4 rings (SSSR count). The third kappa shape index (κ3) is 6.64. The first-order chi connectivity index (χ1) is 20.6. The van der Waals surface area contributed by atoms with Crippen molar-refractivity contribution in [1.82, 2.24) is 24.2 Å². The molecule has 1 amide bonds. The molecule has 12 nitrogen and oxygen atoms in total. The molecule has 0 unspecified atom stereocenters. The second-order valence-corrected chi connectivity index (χ2v) is 14.5. The maximum absolute atomic E-state index is 14.5. The van der Waals surface area contributed by atoms with Gasteiger partial charge in [-0.05, 0) is 58.9 Å². The molecule has 44 heavy (non-hydrogen) atoms. The molecule has 4 aromatic rings. The van der Waals surface area contributed by atoms with Crippen LogP contribution in [0, 0.1) is 12.7 Å². The maximum atomic E-state index is 14.5. The van der Waals surface area contributed by atoms with Crippen molar-refractivity contribution in [2.45, 2.75) is 58.8 Å². The smallest absolute Gasteiger partial charge is 0.333 e. The Kier molecular flexibility index (Phi) is 9.51. The Hall–Kier alpha value is -3.82. The van der Waals surface area contributed by atoms with Gasteiger partial charge >= 0.3 is 5.69 Å². The predicted molar refractivity (Wildman–Crippen MR) is 166 cm³/mol. The molecule has 15 heteroatoms. The number of hydrogen-bond donors (Lipinski definition) is 1. The molecule has 0 radical (unpaired) electrons. The van der Waals surface area contributed by atoms with Crippen LogP contribution in [0.25, 0.3) is 15.2 Å². The summed E-state index contributed by atoms with van der Waals surface area (Å²) in [6.45, 7) is 7.70. The largest absolute Gasteiger partial charge is 0.496 e. The minimum atomic E-state index is -3.42. The van der Waals surface area contributed by atoms with Crippen LogP contribution >= 0.6 is 11.3 Å². The number of carbonyl (C=O) groups excluding carboxylic acids is 1. The van der Waals surface area contributed by atoms with Crippen LogP contribution in [0.2, 0.25) is 0 Å². The fourth-order valence-electron chi connectivity index (χ4n) is 4.84. The zero-order valence-corrected chi connectivity index (χ0v) is 27.2. The van der Waals surface area contributed by atoms with Gasteiger partial charge in [0.2, 0.25) is 5.91 Å². The van der Waals surface area contributed by atoms with E-state index < -0.39 is 44.5 Å². The molecular formula is C29H36FN5O7S2. The molecule has 0 spiro atoms. The zero-order valence-electron chi connectivity index (χ0n) is 25.6. The van der Waals surface area contributed by atoms with Gasteiger partial charge in [-0.3, -0.25) is 14.2 Å². The van der Waals surface area contributed by atoms with Crippen molar-refractivity contribution in [2.75, 3.05) is 25.7 Å². The van der Waals surface area contributed by atoms with Crippen molar-refractivity contribution in [1.29, 1.82) is 0 Å². The van der Waals surface area contributed by atoms with Gasteiger partial charge in [0.25, 0.3) is 5.56 Å². The number of hydrogen-bond acceptors (Lipinski definition) is 9. The number of rotatable bonds is 12. The summed E-state index contributed by atoms with van der Waals surface area (Å²) in [5.74, 6) is -1.20. The monoisotopic (exact) mass is 649 g/mol. The van der Waals surface area contributed by atoms with Crippen LogP contribution in [0.15, 0.2) is 46.2 Å². The standard InChI is InChI=1S/C29H36FN5O7S2/c1-17(2)32-27(37)29(4,5)35-24(36)23-18(3)25(34-12-8-11-31-34)43-26(23)33(28(35)38)16-22(42-13-14-44(7,39)40)20-15-19(30)9-10-21(20)41-6/h8-12,15,17,22H,13-14,16H2,1-7H3,(H,32,37)/t22-/m0/s1. The first-order valence-corrected chi connectivity index (χ1v) is 16.7. The summed E-state index contributed by atoms with van der Waals surface area (Å²) in [7, 11) is -2.02. The van der Waals surface area contributed by atoms with Gasteiger partial charge in [0.15, 0.2) is 0 Å². The minimum absolute atomic E-state index is 0.201. The van der Waals surface area contributed by atoms with Crippen LogP contribution in [-0.2, 0) is 31.5 Å². The molecule has 0 fully saturated rings. The van der Waals surface area contributed by atoms with Crippen molar-refractivity contribution in [3.8, 4) is 10.8 Å². The third-order valence-electron chi connectivity index (χ3n) is 7.09. The summed E-state index contributed by atoms with van der Waals surface area (Å²) in [6, 6.07) is 5.26. The molecule has 1 N–H and O–H groups in total. The van der Waals surface area contributed by atoms with E-state index in [0.29, 0.717) is 10.6 Å². The molecule has 0 aliphatic rings. The van der Waals surface area contributed by atoms with Crippen molar-refractivity contribution in [3.63, 3.8) is 0 Å². The van der Waals surface area contributed by atoms with Gasteiger partial charge in [-0.1, -0.05) is 11.3 Å². The molecule has 1 aromatic carbocycles. The number of aromatic nitrogens is 4. The molecule has 238 valence electrons. The molecule has 0 saturated heterocycles. The second-order valence-electron chi connectivity index (χ2n) is 11.3. The van der Waals surface area contributed by atoms with E-state index in [4.69, 9.17) is 9.47 Å². The highest BCUT2D eigenvalue weighted by Gasteiger charge is 2.36. The summed E-state index contributed by atoms with van der Waals surface area (Å²) < 4.78 is 53.6. The van der Waals surface area contributed by atoms with E-state index in [2.05, 4.69) is 10.4 Å². The van der Waals surface area contributed by atoms with E-state index in [1.807, 2.05) is 0 Å². The van der Waals surface area contributed by atoms with Gasteiger partial charge in [0.1, 0.15) is 42.9 Å². The Labute approximate surface area is 257 Å². The molecule has 0 aliphatic carbocycles. The predicted octanol–water partition coefficient (Wildman–Crippen LogP) is 2.93. The van der Waals surface area contributed by atoms with Crippen molar-refractivity contribution in [2.24, 2.45) is 0 Å². The zero-order chi connectivity index (χ0) is 32.6. The SMILES string of the molecule is COc1ccc(F)cc1[C@H](Cn1c(=O)n(C(C)(C)C(=O)NC(C)C)c(=O)c2c(C)c(-n3cccn3)sc21)OCCS(C)(=O)=O. The number of thiophene rings is 1. The lowest BCUT2D eigenvalue weighted by Gasteiger charge is -2.28. The van der Waals surface area contributed by atoms with E-state index in [9.17, 15) is 27.2 Å². The summed E-state index contributed by atoms with van der Waals surface area (Å²) >= 11 is 1.15. The lowest BCUT2D eigenvalue weighted by atomic mass is 10.0. The number of halogens is 1. The maximum Gasteiger partial charge on any atom is 0.333 e. The second kappa shape index (κ2) is 12.7. The first-order valence-electron chi connectivity index (χ1n) is 13.8. The number of benzene rings is 1. The Morgan fingerprint density at radius 1 is 1.23 bits per heavy atom. The van der Waals surface area contributed by atoms with E-state index in [1.165, 1.54) is 43.7 Å². The Bertz CT molecular complexity index is 1910. The van der Waals surface area contributed by atoms with Gasteiger partial charge in [0, 0.05) is 35.8 Å². The van der Waals surface area contributed by atoms with Crippen molar-refractivity contribution >= 4 is 37.3 Å². The van der Waals surface area contributed by atoms with Crippen LogP contribution in [-0.4, -0.2) is 65.0 Å². The van der Waals surface area contributed by atoms with Crippen molar-refractivity contribution < 1.29 is 27.1 Å². The lowest BCUT2D eigenvalue weighted by Crippen LogP contribution is -2.56. The topological polar surface area (TPSA) is 144 Å². The van der Waals surface area contributed by atoms with Crippen LogP contribution in [0.1, 0.15) is 44.9 Å². The quantitative estimate of drug-likeness (QED) is 0.247. The van der Waals surface area contributed by atoms with E-state index in [0.717, 1.165) is 22.2 Å². The normalized spacial score (nSPS) is 13.0. The first kappa shape index (κ1) is 33.1. The summed E-state index contributed by atoms with van der Waals surface area (Å²) in [6.07, 6.45) is 3.26. The Morgan fingerprint density at radius 2 is 1.93 bits per heavy atom. The van der Waals surface area contributed by atoms with Crippen LogP contribution in [0.4, 0.5) is 4.39 Å². The number of methoxy groups -OCH3 is 1. The van der Waals surface area contributed by atoms with Crippen LogP contribution < -0.4 is 21.3 Å². The number of aryl methyl sites for hydroxylation is 1. The number of amides is 1. The molecule has 0 bridgehead atoms. The van der Waals surface area contributed by atoms with E-state index >= 15 is 0 Å². The fourth-order valence-corrected chi connectivity index (χ4v) is 6.49. The third-order valence-corrected chi connectivity index (χ3v) is 9.31. The summed E-state index contributed by atoms with van der Waals surface area (Å²) in [5, 5.41) is 7.84. The number of carbonyl (C=O) groups is 1. The van der Waals surface area contributed by atoms with Gasteiger partial charge in [0.05, 0.1) is 31.4 Å². The molecular weight excluding hydrogens is 613 g/mol. The molecule has 1 atom stereocenters. The average Bonchev–Trinajstić information content (AvgIpc) is 3.57. The van der Waals surface area contributed by atoms with E-state index in [-0.39, 0.29) is 46.5 Å².